The third-order valence-corrected chi connectivity index (χ3v) is 3.43. The van der Waals surface area contributed by atoms with Crippen LogP contribution in [0.3, 0.4) is 0 Å². The number of hydrogen-bond donors (Lipinski definition) is 2. The van der Waals surface area contributed by atoms with Crippen LogP contribution in [-0.2, 0) is 0 Å². The molecule has 3 rings (SSSR count). The van der Waals surface area contributed by atoms with Gasteiger partial charge in [0.15, 0.2) is 0 Å². The molecule has 0 radical (unpaired) electrons. The second kappa shape index (κ2) is 4.81. The lowest BCUT2D eigenvalue weighted by Gasteiger charge is -1.99. The minimum atomic E-state index is -0.482. The van der Waals surface area contributed by atoms with Gasteiger partial charge in [-0.05, 0) is 24.3 Å². The van der Waals surface area contributed by atoms with Gasteiger partial charge in [0.1, 0.15) is 11.3 Å². The van der Waals surface area contributed by atoms with E-state index in [9.17, 15) is 4.79 Å². The van der Waals surface area contributed by atoms with Crippen molar-refractivity contribution in [2.24, 2.45) is 5.73 Å². The van der Waals surface area contributed by atoms with Crippen molar-refractivity contribution in [2.75, 3.05) is 0 Å². The number of rotatable bonds is 2. The van der Waals surface area contributed by atoms with Gasteiger partial charge in [-0.15, -0.1) is 0 Å². The molecule has 100 valence electrons. The number of amides is 1. The Kier molecular flexibility index (Phi) is 3.12. The molecule has 1 amide bonds. The van der Waals surface area contributed by atoms with Crippen molar-refractivity contribution in [3.05, 3.63) is 52.0 Å². The number of primary amides is 1. The number of carbonyl (C=O) groups excluding carboxylic acids is 1. The molecular weight excluding hydrogens is 297 g/mol. The van der Waals surface area contributed by atoms with Crippen molar-refractivity contribution in [2.45, 2.75) is 0 Å². The monoisotopic (exact) mass is 305 g/mol. The Balaban J connectivity index is 2.17. The Bertz CT molecular complexity index is 826. The summed E-state index contributed by atoms with van der Waals surface area (Å²) in [5.41, 5.74) is 7.82. The molecule has 0 aliphatic rings. The Hall–Kier alpha value is -2.04. The van der Waals surface area contributed by atoms with E-state index in [4.69, 9.17) is 28.9 Å². The number of benzene rings is 2. The summed E-state index contributed by atoms with van der Waals surface area (Å²) >= 11 is 12.1. The molecule has 4 nitrogen and oxygen atoms in total. The molecule has 0 atom stereocenters. The van der Waals surface area contributed by atoms with Crippen molar-refractivity contribution < 1.29 is 4.79 Å². The molecule has 0 spiro atoms. The summed E-state index contributed by atoms with van der Waals surface area (Å²) in [7, 11) is 0. The van der Waals surface area contributed by atoms with E-state index in [1.165, 1.54) is 0 Å². The molecule has 0 aliphatic carbocycles. The first-order chi connectivity index (χ1) is 9.54. The van der Waals surface area contributed by atoms with Gasteiger partial charge in [-0.25, -0.2) is 4.98 Å². The average Bonchev–Trinajstić information content (AvgIpc) is 2.83. The third kappa shape index (κ3) is 2.24. The average molecular weight is 306 g/mol. The summed E-state index contributed by atoms with van der Waals surface area (Å²) < 4.78 is 0. The van der Waals surface area contributed by atoms with Crippen molar-refractivity contribution in [3.63, 3.8) is 0 Å². The van der Waals surface area contributed by atoms with Crippen LogP contribution in [-0.4, -0.2) is 15.9 Å². The minimum absolute atomic E-state index is 0.423. The van der Waals surface area contributed by atoms with Gasteiger partial charge in [0, 0.05) is 16.1 Å². The number of carbonyl (C=O) groups is 1. The number of H-pyrrole nitrogens is 1. The number of nitrogens with one attached hydrogen (secondary N) is 1. The van der Waals surface area contributed by atoms with E-state index in [2.05, 4.69) is 9.97 Å². The Morgan fingerprint density at radius 2 is 2.00 bits per heavy atom. The summed E-state index contributed by atoms with van der Waals surface area (Å²) in [6.45, 7) is 0. The molecular formula is C14H9Cl2N3O. The smallest absolute Gasteiger partial charge is 0.248 e. The molecule has 20 heavy (non-hydrogen) atoms. The first kappa shape index (κ1) is 13.0. The number of halogens is 2. The van der Waals surface area contributed by atoms with E-state index in [0.717, 1.165) is 11.1 Å². The van der Waals surface area contributed by atoms with E-state index >= 15 is 0 Å². The first-order valence-electron chi connectivity index (χ1n) is 5.79. The van der Waals surface area contributed by atoms with Gasteiger partial charge in [0.2, 0.25) is 5.91 Å². The quantitative estimate of drug-likeness (QED) is 0.758. The summed E-state index contributed by atoms with van der Waals surface area (Å²) in [6, 6.07) is 10.3. The topological polar surface area (TPSA) is 71.8 Å². The van der Waals surface area contributed by atoms with E-state index in [1.54, 1.807) is 30.3 Å². The molecule has 0 saturated carbocycles. The molecule has 0 aliphatic heterocycles. The molecule has 3 aromatic rings. The number of fused-ring (bicyclic) bond motifs is 1. The number of nitrogens with zero attached hydrogens (tertiary/aromatic N) is 1. The lowest BCUT2D eigenvalue weighted by Crippen LogP contribution is -2.10. The van der Waals surface area contributed by atoms with Crippen LogP contribution in [0.15, 0.2) is 36.4 Å². The SMILES string of the molecule is NC(=O)c1cccc(-c2nc3c(Cl)cc(Cl)cc3[nH]2)c1. The molecule has 0 bridgehead atoms. The molecule has 3 N–H and O–H groups in total. The molecule has 0 saturated heterocycles. The first-order valence-corrected chi connectivity index (χ1v) is 6.55. The molecule has 1 aromatic heterocycles. The predicted octanol–water partition coefficient (Wildman–Crippen LogP) is 3.64. The molecule has 0 unspecified atom stereocenters. The van der Waals surface area contributed by atoms with Gasteiger partial charge in [-0.3, -0.25) is 4.79 Å². The fourth-order valence-corrected chi connectivity index (χ4v) is 2.53. The highest BCUT2D eigenvalue weighted by Crippen LogP contribution is 2.29. The highest BCUT2D eigenvalue weighted by molar-refractivity contribution is 6.38. The lowest BCUT2D eigenvalue weighted by molar-refractivity contribution is 0.100. The van der Waals surface area contributed by atoms with Crippen molar-refractivity contribution in [1.29, 1.82) is 0 Å². The Morgan fingerprint density at radius 3 is 2.75 bits per heavy atom. The van der Waals surface area contributed by atoms with Crippen LogP contribution >= 0.6 is 23.2 Å². The third-order valence-electron chi connectivity index (χ3n) is 2.93. The van der Waals surface area contributed by atoms with Gasteiger partial charge in [-0.1, -0.05) is 35.3 Å². The maximum Gasteiger partial charge on any atom is 0.248 e. The van der Waals surface area contributed by atoms with Crippen LogP contribution in [0.4, 0.5) is 0 Å². The maximum atomic E-state index is 11.2. The molecule has 0 fully saturated rings. The van der Waals surface area contributed by atoms with Gasteiger partial charge in [-0.2, -0.15) is 0 Å². The van der Waals surface area contributed by atoms with Crippen LogP contribution in [0.25, 0.3) is 22.4 Å². The minimum Gasteiger partial charge on any atom is -0.366 e. The summed E-state index contributed by atoms with van der Waals surface area (Å²) in [5.74, 6) is 0.122. The van der Waals surface area contributed by atoms with E-state index in [-0.39, 0.29) is 0 Å². The molecule has 2 aromatic carbocycles. The number of nitrogens with two attached hydrogens (primary N) is 1. The second-order valence-electron chi connectivity index (χ2n) is 4.31. The highest BCUT2D eigenvalue weighted by Gasteiger charge is 2.10. The normalized spacial score (nSPS) is 10.9. The van der Waals surface area contributed by atoms with E-state index in [1.807, 2.05) is 6.07 Å². The second-order valence-corrected chi connectivity index (χ2v) is 5.16. The van der Waals surface area contributed by atoms with Crippen molar-refractivity contribution in [1.82, 2.24) is 9.97 Å². The van der Waals surface area contributed by atoms with E-state index < -0.39 is 5.91 Å². The maximum absolute atomic E-state index is 11.2. The zero-order chi connectivity index (χ0) is 14.3. The van der Waals surface area contributed by atoms with Crippen LogP contribution in [0.5, 0.6) is 0 Å². The number of aromatic amines is 1. The number of imidazole rings is 1. The fraction of sp³-hybridized carbons (Fsp3) is 0. The van der Waals surface area contributed by atoms with Crippen LogP contribution < -0.4 is 5.73 Å². The number of aromatic nitrogens is 2. The summed E-state index contributed by atoms with van der Waals surface area (Å²) in [5, 5.41) is 1.00. The Labute approximate surface area is 124 Å². The van der Waals surface area contributed by atoms with Gasteiger partial charge in [0.05, 0.1) is 10.5 Å². The largest absolute Gasteiger partial charge is 0.366 e. The van der Waals surface area contributed by atoms with Crippen molar-refractivity contribution in [3.8, 4) is 11.4 Å². The van der Waals surface area contributed by atoms with Crippen LogP contribution in [0, 0.1) is 0 Å². The van der Waals surface area contributed by atoms with E-state index in [0.29, 0.717) is 26.9 Å². The summed E-state index contributed by atoms with van der Waals surface area (Å²) in [6.07, 6.45) is 0. The number of hydrogen-bond acceptors (Lipinski definition) is 2. The van der Waals surface area contributed by atoms with Gasteiger partial charge < -0.3 is 10.7 Å². The zero-order valence-electron chi connectivity index (χ0n) is 10.2. The highest BCUT2D eigenvalue weighted by atomic mass is 35.5. The zero-order valence-corrected chi connectivity index (χ0v) is 11.7. The fourth-order valence-electron chi connectivity index (χ4n) is 2.00. The van der Waals surface area contributed by atoms with Gasteiger partial charge >= 0.3 is 0 Å². The van der Waals surface area contributed by atoms with Crippen molar-refractivity contribution >= 4 is 40.1 Å². The van der Waals surface area contributed by atoms with Crippen LogP contribution in [0.1, 0.15) is 10.4 Å². The molecule has 1 heterocycles. The molecule has 6 heteroatoms. The standard InChI is InChI=1S/C14H9Cl2N3O/c15-9-5-10(16)12-11(6-9)18-14(19-12)8-3-1-2-7(4-8)13(17)20/h1-6H,(H2,17,20)(H,18,19). The van der Waals surface area contributed by atoms with Gasteiger partial charge in [0.25, 0.3) is 0 Å². The lowest BCUT2D eigenvalue weighted by atomic mass is 10.1. The summed E-state index contributed by atoms with van der Waals surface area (Å²) in [4.78, 5) is 18.8. The van der Waals surface area contributed by atoms with Crippen LogP contribution in [0.2, 0.25) is 10.0 Å². The Morgan fingerprint density at radius 1 is 1.20 bits per heavy atom. The predicted molar refractivity (Wildman–Crippen MR) is 80.1 cm³/mol.